The summed E-state index contributed by atoms with van der Waals surface area (Å²) in [6.07, 6.45) is 5.15. The van der Waals surface area contributed by atoms with Crippen LogP contribution in [0.15, 0.2) is 25.0 Å². The molecule has 0 atom stereocenters. The maximum absolute atomic E-state index is 10.2. The van der Waals surface area contributed by atoms with Crippen LogP contribution in [0.2, 0.25) is 0 Å². The first-order valence-corrected chi connectivity index (χ1v) is 3.52. The van der Waals surface area contributed by atoms with Gasteiger partial charge in [-0.05, 0) is 6.42 Å². The third-order valence-corrected chi connectivity index (χ3v) is 1.39. The normalized spacial score (nSPS) is 9.67. The number of allylic oxidation sites excluding steroid dienone is 1. The van der Waals surface area contributed by atoms with E-state index in [1.807, 2.05) is 0 Å². The summed E-state index contributed by atoms with van der Waals surface area (Å²) < 4.78 is 1.53. The molecule has 5 nitrogen and oxygen atoms in total. The van der Waals surface area contributed by atoms with Gasteiger partial charge in [-0.25, -0.2) is 0 Å². The zero-order chi connectivity index (χ0) is 8.97. The van der Waals surface area contributed by atoms with E-state index in [2.05, 4.69) is 11.7 Å². The number of aryl methyl sites for hydroxylation is 1. The van der Waals surface area contributed by atoms with Gasteiger partial charge in [-0.1, -0.05) is 6.08 Å². The molecule has 0 aromatic carbocycles. The number of nitro groups is 1. The zero-order valence-electron chi connectivity index (χ0n) is 6.51. The third-order valence-electron chi connectivity index (χ3n) is 1.39. The molecule has 5 heteroatoms. The molecule has 0 saturated heterocycles. The van der Waals surface area contributed by atoms with Crippen LogP contribution in [0, 0.1) is 10.1 Å². The molecule has 0 bridgehead atoms. The van der Waals surface area contributed by atoms with Crippen LogP contribution in [0.5, 0.6) is 0 Å². The van der Waals surface area contributed by atoms with Gasteiger partial charge in [0.25, 0.3) is 0 Å². The molecule has 0 aliphatic carbocycles. The number of aromatic nitrogens is 2. The van der Waals surface area contributed by atoms with Gasteiger partial charge in [-0.15, -0.1) is 6.58 Å². The van der Waals surface area contributed by atoms with Crippen LogP contribution in [0.3, 0.4) is 0 Å². The molecule has 1 heterocycles. The number of rotatable bonds is 4. The maximum Gasteiger partial charge on any atom is 0.306 e. The van der Waals surface area contributed by atoms with Gasteiger partial charge < -0.3 is 0 Å². The van der Waals surface area contributed by atoms with Gasteiger partial charge in [0.15, 0.2) is 0 Å². The highest BCUT2D eigenvalue weighted by molar-refractivity contribution is 5.20. The molecule has 0 fully saturated rings. The highest BCUT2D eigenvalue weighted by Crippen LogP contribution is 2.07. The SMILES string of the molecule is C=CCCn1cc([N+](=O)[O-])cn1. The van der Waals surface area contributed by atoms with Crippen molar-refractivity contribution in [3.63, 3.8) is 0 Å². The highest BCUT2D eigenvalue weighted by Gasteiger charge is 2.07. The Morgan fingerprint density at radius 3 is 3.08 bits per heavy atom. The van der Waals surface area contributed by atoms with E-state index in [1.54, 1.807) is 6.08 Å². The van der Waals surface area contributed by atoms with Crippen molar-refractivity contribution in [2.24, 2.45) is 0 Å². The fourth-order valence-corrected chi connectivity index (χ4v) is 0.793. The fourth-order valence-electron chi connectivity index (χ4n) is 0.793. The quantitative estimate of drug-likeness (QED) is 0.386. The van der Waals surface area contributed by atoms with E-state index in [1.165, 1.54) is 17.1 Å². The first-order valence-electron chi connectivity index (χ1n) is 3.52. The molecular weight excluding hydrogens is 158 g/mol. The van der Waals surface area contributed by atoms with E-state index in [-0.39, 0.29) is 5.69 Å². The minimum absolute atomic E-state index is 0.0269. The van der Waals surface area contributed by atoms with E-state index >= 15 is 0 Å². The lowest BCUT2D eigenvalue weighted by molar-refractivity contribution is -0.385. The summed E-state index contributed by atoms with van der Waals surface area (Å²) in [5.41, 5.74) is 0.0269. The monoisotopic (exact) mass is 167 g/mol. The smallest absolute Gasteiger partial charge is 0.265 e. The third kappa shape index (κ3) is 1.91. The second-order valence-corrected chi connectivity index (χ2v) is 2.30. The molecule has 1 rings (SSSR count). The predicted octanol–water partition coefficient (Wildman–Crippen LogP) is 1.37. The topological polar surface area (TPSA) is 61.0 Å². The zero-order valence-corrected chi connectivity index (χ0v) is 6.51. The first kappa shape index (κ1) is 8.45. The van der Waals surface area contributed by atoms with Crippen molar-refractivity contribution >= 4 is 5.69 Å². The Labute approximate surface area is 69.5 Å². The number of nitrogens with zero attached hydrogens (tertiary/aromatic N) is 3. The maximum atomic E-state index is 10.2. The molecule has 1 aromatic heterocycles. The van der Waals surface area contributed by atoms with Gasteiger partial charge in [-0.2, -0.15) is 5.10 Å². The lowest BCUT2D eigenvalue weighted by Crippen LogP contribution is -1.96. The molecule has 1 aromatic rings. The molecule has 64 valence electrons. The summed E-state index contributed by atoms with van der Waals surface area (Å²) in [7, 11) is 0. The van der Waals surface area contributed by atoms with Crippen LogP contribution in [0.4, 0.5) is 5.69 Å². The average Bonchev–Trinajstić information content (AvgIpc) is 2.48. The second kappa shape index (κ2) is 3.66. The Balaban J connectivity index is 2.64. The molecule has 0 saturated carbocycles. The van der Waals surface area contributed by atoms with Crippen molar-refractivity contribution in [2.45, 2.75) is 13.0 Å². The van der Waals surface area contributed by atoms with E-state index in [4.69, 9.17) is 0 Å². The summed E-state index contributed by atoms with van der Waals surface area (Å²) in [4.78, 5) is 9.76. The fraction of sp³-hybridized carbons (Fsp3) is 0.286. The van der Waals surface area contributed by atoms with Crippen molar-refractivity contribution < 1.29 is 4.92 Å². The van der Waals surface area contributed by atoms with Gasteiger partial charge in [0.2, 0.25) is 0 Å². The lowest BCUT2D eigenvalue weighted by Gasteiger charge is -1.93. The summed E-state index contributed by atoms with van der Waals surface area (Å²) in [5, 5.41) is 14.0. The second-order valence-electron chi connectivity index (χ2n) is 2.30. The van der Waals surface area contributed by atoms with Crippen LogP contribution in [0.25, 0.3) is 0 Å². The average molecular weight is 167 g/mol. The van der Waals surface area contributed by atoms with E-state index < -0.39 is 4.92 Å². The van der Waals surface area contributed by atoms with Crippen molar-refractivity contribution in [3.8, 4) is 0 Å². The Kier molecular flexibility index (Phi) is 2.57. The Bertz CT molecular complexity index is 293. The first-order chi connectivity index (χ1) is 5.74. The minimum atomic E-state index is -0.461. The van der Waals surface area contributed by atoms with Crippen molar-refractivity contribution in [2.75, 3.05) is 0 Å². The summed E-state index contributed by atoms with van der Waals surface area (Å²) in [5.74, 6) is 0. The van der Waals surface area contributed by atoms with Crippen molar-refractivity contribution in [3.05, 3.63) is 35.2 Å². The molecule has 0 spiro atoms. The molecule has 0 N–H and O–H groups in total. The minimum Gasteiger partial charge on any atom is -0.265 e. The van der Waals surface area contributed by atoms with E-state index in [0.717, 1.165) is 6.42 Å². The van der Waals surface area contributed by atoms with E-state index in [0.29, 0.717) is 6.54 Å². The number of hydrogen-bond acceptors (Lipinski definition) is 3. The van der Waals surface area contributed by atoms with Crippen molar-refractivity contribution in [1.82, 2.24) is 9.78 Å². The lowest BCUT2D eigenvalue weighted by atomic mass is 10.4. The van der Waals surface area contributed by atoms with Gasteiger partial charge in [0.05, 0.1) is 4.92 Å². The van der Waals surface area contributed by atoms with Gasteiger partial charge in [-0.3, -0.25) is 14.8 Å². The van der Waals surface area contributed by atoms with Gasteiger partial charge in [0.1, 0.15) is 12.4 Å². The summed E-state index contributed by atoms with van der Waals surface area (Å²) >= 11 is 0. The van der Waals surface area contributed by atoms with E-state index in [9.17, 15) is 10.1 Å². The van der Waals surface area contributed by atoms with Crippen LogP contribution in [-0.2, 0) is 6.54 Å². The van der Waals surface area contributed by atoms with Crippen LogP contribution < -0.4 is 0 Å². The molecule has 0 radical (unpaired) electrons. The largest absolute Gasteiger partial charge is 0.306 e. The van der Waals surface area contributed by atoms with Crippen LogP contribution in [0.1, 0.15) is 6.42 Å². The molecular formula is C7H9N3O2. The predicted molar refractivity (Wildman–Crippen MR) is 43.7 cm³/mol. The highest BCUT2D eigenvalue weighted by atomic mass is 16.6. The summed E-state index contributed by atoms with van der Waals surface area (Å²) in [6, 6.07) is 0. The Hall–Kier alpha value is -1.65. The van der Waals surface area contributed by atoms with Gasteiger partial charge in [0, 0.05) is 6.54 Å². The standard InChI is InChI=1S/C7H9N3O2/c1-2-3-4-9-6-7(5-8-9)10(11)12/h2,5-6H,1,3-4H2. The molecule has 0 amide bonds. The molecule has 0 aliphatic heterocycles. The van der Waals surface area contributed by atoms with Gasteiger partial charge >= 0.3 is 5.69 Å². The van der Waals surface area contributed by atoms with Crippen LogP contribution >= 0.6 is 0 Å². The Morgan fingerprint density at radius 2 is 2.58 bits per heavy atom. The molecule has 12 heavy (non-hydrogen) atoms. The summed E-state index contributed by atoms with van der Waals surface area (Å²) in [6.45, 7) is 4.18. The van der Waals surface area contributed by atoms with Crippen molar-refractivity contribution in [1.29, 1.82) is 0 Å². The molecule has 0 unspecified atom stereocenters. The Morgan fingerprint density at radius 1 is 1.83 bits per heavy atom. The molecule has 0 aliphatic rings. The number of hydrogen-bond donors (Lipinski definition) is 0. The van der Waals surface area contributed by atoms with Crippen LogP contribution in [-0.4, -0.2) is 14.7 Å².